The van der Waals surface area contributed by atoms with Crippen LogP contribution in [0, 0.1) is 5.92 Å². The lowest BCUT2D eigenvalue weighted by molar-refractivity contribution is -0.726. The molecule has 1 aromatic carbocycles. The van der Waals surface area contributed by atoms with Crippen LogP contribution in [0.5, 0.6) is 0 Å². The second-order valence-electron chi connectivity index (χ2n) is 9.40. The lowest BCUT2D eigenvalue weighted by Gasteiger charge is -2.34. The van der Waals surface area contributed by atoms with Crippen LogP contribution in [0.4, 0.5) is 5.95 Å². The van der Waals surface area contributed by atoms with Crippen molar-refractivity contribution in [1.29, 1.82) is 0 Å². The minimum Gasteiger partial charge on any atom is -0.378 e. The van der Waals surface area contributed by atoms with E-state index in [-0.39, 0.29) is 11.9 Å². The molecule has 1 aliphatic rings. The lowest BCUT2D eigenvalue weighted by Crippen LogP contribution is -2.36. The quantitative estimate of drug-likeness (QED) is 0.293. The SMILES string of the molecule is C[n+]1cc(-c2cnc3[nH]cc(-c4cc(C(O)(c5ccccc5)C5CCCC5)nc(N)n4)c3c2)c[nH]1. The van der Waals surface area contributed by atoms with E-state index in [0.717, 1.165) is 59.0 Å². The van der Waals surface area contributed by atoms with Crippen LogP contribution in [0.1, 0.15) is 36.9 Å². The average Bonchev–Trinajstić information content (AvgIpc) is 3.64. The summed E-state index contributed by atoms with van der Waals surface area (Å²) in [6.07, 6.45) is 11.8. The fraction of sp³-hybridized carbons (Fsp3) is 0.259. The van der Waals surface area contributed by atoms with E-state index in [0.29, 0.717) is 11.4 Å². The monoisotopic (exact) mass is 466 g/mol. The van der Waals surface area contributed by atoms with Crippen molar-refractivity contribution in [2.45, 2.75) is 31.3 Å². The minimum absolute atomic E-state index is 0.0672. The maximum Gasteiger partial charge on any atom is 0.220 e. The largest absolute Gasteiger partial charge is 0.378 e. The van der Waals surface area contributed by atoms with Crippen LogP contribution >= 0.6 is 0 Å². The van der Waals surface area contributed by atoms with Gasteiger partial charge in [-0.05, 0) is 36.5 Å². The molecule has 0 aliphatic heterocycles. The summed E-state index contributed by atoms with van der Waals surface area (Å²) in [5.41, 5.74) is 10.7. The van der Waals surface area contributed by atoms with E-state index >= 15 is 0 Å². The first-order valence-electron chi connectivity index (χ1n) is 12.0. The number of pyridine rings is 1. The number of hydrogen-bond acceptors (Lipinski definition) is 5. The van der Waals surface area contributed by atoms with Gasteiger partial charge in [-0.3, -0.25) is 0 Å². The molecule has 4 aromatic heterocycles. The molecule has 0 bridgehead atoms. The van der Waals surface area contributed by atoms with E-state index in [1.165, 1.54) is 0 Å². The molecule has 1 saturated carbocycles. The van der Waals surface area contributed by atoms with Crippen LogP contribution in [0.15, 0.2) is 67.3 Å². The topological polar surface area (TPSA) is 120 Å². The summed E-state index contributed by atoms with van der Waals surface area (Å²) in [5, 5.41) is 16.3. The Morgan fingerprint density at radius 2 is 1.86 bits per heavy atom. The minimum atomic E-state index is -1.24. The summed E-state index contributed by atoms with van der Waals surface area (Å²) in [5.74, 6) is 0.207. The molecule has 1 unspecified atom stereocenters. The Hall–Kier alpha value is -4.04. The maximum atomic E-state index is 12.2. The molecule has 0 amide bonds. The third kappa shape index (κ3) is 3.66. The first kappa shape index (κ1) is 21.5. The van der Waals surface area contributed by atoms with Crippen LogP contribution in [0.2, 0.25) is 0 Å². The Morgan fingerprint density at radius 3 is 2.60 bits per heavy atom. The fourth-order valence-corrected chi connectivity index (χ4v) is 5.41. The van der Waals surface area contributed by atoms with E-state index in [9.17, 15) is 5.11 Å². The van der Waals surface area contributed by atoms with Crippen LogP contribution in [0.25, 0.3) is 33.4 Å². The number of nitrogen functional groups attached to an aromatic ring is 1. The van der Waals surface area contributed by atoms with Gasteiger partial charge in [0.05, 0.1) is 23.1 Å². The summed E-state index contributed by atoms with van der Waals surface area (Å²) < 4.78 is 1.89. The zero-order valence-corrected chi connectivity index (χ0v) is 19.6. The van der Waals surface area contributed by atoms with Crippen LogP contribution < -0.4 is 10.4 Å². The Labute approximate surface area is 202 Å². The van der Waals surface area contributed by atoms with Crippen molar-refractivity contribution in [3.05, 3.63) is 78.5 Å². The van der Waals surface area contributed by atoms with Crippen LogP contribution in [0.3, 0.4) is 0 Å². The fourth-order valence-electron chi connectivity index (χ4n) is 5.41. The van der Waals surface area contributed by atoms with E-state index in [1.807, 2.05) is 72.9 Å². The highest BCUT2D eigenvalue weighted by molar-refractivity contribution is 5.95. The van der Waals surface area contributed by atoms with Gasteiger partial charge >= 0.3 is 0 Å². The summed E-state index contributed by atoms with van der Waals surface area (Å²) in [6.45, 7) is 0. The molecular formula is C27H28N7O+. The number of fused-ring (bicyclic) bond motifs is 1. The standard InChI is InChI=1S/C27H27N7O/c1-34-16-18(14-31-34)17-11-21-22(15-30-25(21)29-13-17)23-12-24(33-26(28)32-23)27(35,20-9-5-6-10-20)19-7-3-2-4-8-19/h2-4,7-8,11-16,20,35H,5-6,9-10H2,1H3,(H3,28,29,30,32,33)/p+1. The number of aliphatic hydroxyl groups is 1. The predicted octanol–water partition coefficient (Wildman–Crippen LogP) is 3.85. The molecule has 0 spiro atoms. The third-order valence-electron chi connectivity index (χ3n) is 7.19. The molecule has 8 heteroatoms. The highest BCUT2D eigenvalue weighted by atomic mass is 16.3. The smallest absolute Gasteiger partial charge is 0.220 e. The number of hydrogen-bond donors (Lipinski definition) is 4. The number of anilines is 1. The van der Waals surface area contributed by atoms with E-state index in [4.69, 9.17) is 5.73 Å². The molecule has 0 radical (unpaired) electrons. The predicted molar refractivity (Wildman–Crippen MR) is 134 cm³/mol. The van der Waals surface area contributed by atoms with Gasteiger partial charge in [-0.2, -0.15) is 5.10 Å². The number of aryl methyl sites for hydroxylation is 1. The molecular weight excluding hydrogens is 438 g/mol. The zero-order valence-electron chi connectivity index (χ0n) is 19.6. The van der Waals surface area contributed by atoms with E-state index in [1.54, 1.807) is 0 Å². The second kappa shape index (κ2) is 8.32. The molecule has 35 heavy (non-hydrogen) atoms. The van der Waals surface area contributed by atoms with Crippen molar-refractivity contribution < 1.29 is 9.79 Å². The number of H-pyrrole nitrogens is 2. The normalized spacial score (nSPS) is 16.1. The van der Waals surface area contributed by atoms with Crippen molar-refractivity contribution >= 4 is 17.0 Å². The second-order valence-corrected chi connectivity index (χ2v) is 9.40. The average molecular weight is 467 g/mol. The first-order chi connectivity index (χ1) is 17.0. The van der Waals surface area contributed by atoms with Gasteiger partial charge in [0, 0.05) is 28.9 Å². The number of aromatic nitrogens is 6. The molecule has 5 aromatic rings. The first-order valence-corrected chi connectivity index (χ1v) is 12.0. The molecule has 5 N–H and O–H groups in total. The summed E-state index contributed by atoms with van der Waals surface area (Å²) >= 11 is 0. The lowest BCUT2D eigenvalue weighted by atomic mass is 9.77. The van der Waals surface area contributed by atoms with Gasteiger partial charge in [0.2, 0.25) is 12.1 Å². The molecule has 1 aliphatic carbocycles. The number of nitrogens with two attached hydrogens (primary N) is 1. The number of aromatic amines is 2. The van der Waals surface area contributed by atoms with Crippen LogP contribution in [-0.4, -0.2) is 30.1 Å². The zero-order chi connectivity index (χ0) is 24.0. The van der Waals surface area contributed by atoms with Crippen molar-refractivity contribution in [3.8, 4) is 22.4 Å². The molecule has 1 fully saturated rings. The summed E-state index contributed by atoms with van der Waals surface area (Å²) in [6, 6.07) is 13.8. The Morgan fingerprint density at radius 1 is 1.06 bits per heavy atom. The van der Waals surface area contributed by atoms with Crippen molar-refractivity contribution in [2.75, 3.05) is 5.73 Å². The molecule has 176 valence electrons. The molecule has 1 atom stereocenters. The van der Waals surface area contributed by atoms with Gasteiger partial charge in [0.1, 0.15) is 11.2 Å². The van der Waals surface area contributed by atoms with Gasteiger partial charge in [-0.25, -0.2) is 15.0 Å². The third-order valence-corrected chi connectivity index (χ3v) is 7.19. The van der Waals surface area contributed by atoms with Gasteiger partial charge in [-0.1, -0.05) is 43.2 Å². The Bertz CT molecular complexity index is 1500. The van der Waals surface area contributed by atoms with E-state index in [2.05, 4.69) is 31.1 Å². The highest BCUT2D eigenvalue weighted by Gasteiger charge is 2.43. The number of nitrogens with one attached hydrogen (secondary N) is 2. The number of nitrogens with zero attached hydrogens (tertiary/aromatic N) is 4. The summed E-state index contributed by atoms with van der Waals surface area (Å²) in [4.78, 5) is 17.0. The van der Waals surface area contributed by atoms with Crippen molar-refractivity contribution in [2.24, 2.45) is 13.0 Å². The molecule has 0 saturated heterocycles. The molecule has 6 rings (SSSR count). The van der Waals surface area contributed by atoms with Crippen molar-refractivity contribution in [3.63, 3.8) is 0 Å². The Kier molecular flexibility index (Phi) is 5.11. The van der Waals surface area contributed by atoms with Gasteiger partial charge in [0.25, 0.3) is 0 Å². The Balaban J connectivity index is 1.50. The van der Waals surface area contributed by atoms with Gasteiger partial charge in [0.15, 0.2) is 7.05 Å². The molecule has 8 nitrogen and oxygen atoms in total. The number of rotatable bonds is 5. The summed E-state index contributed by atoms with van der Waals surface area (Å²) in [7, 11) is 1.95. The number of benzene rings is 1. The van der Waals surface area contributed by atoms with Gasteiger partial charge in [-0.15, -0.1) is 4.68 Å². The molecule has 4 heterocycles. The highest BCUT2D eigenvalue weighted by Crippen LogP contribution is 2.45. The van der Waals surface area contributed by atoms with Gasteiger partial charge < -0.3 is 15.8 Å². The van der Waals surface area contributed by atoms with Crippen molar-refractivity contribution in [1.82, 2.24) is 25.0 Å². The van der Waals surface area contributed by atoms with E-state index < -0.39 is 5.60 Å². The maximum absolute atomic E-state index is 12.2. The van der Waals surface area contributed by atoms with Crippen LogP contribution in [-0.2, 0) is 12.6 Å².